The molecular weight excluding hydrogens is 172 g/mol. The van der Waals surface area contributed by atoms with Crippen molar-refractivity contribution >= 4 is 0 Å². The normalized spacial score (nSPS) is 19.9. The smallest absolute Gasteiger partial charge is 0.0137 e. The summed E-state index contributed by atoms with van der Waals surface area (Å²) in [7, 11) is 0. The van der Waals surface area contributed by atoms with Crippen LogP contribution >= 0.6 is 0 Å². The molecule has 0 saturated heterocycles. The van der Waals surface area contributed by atoms with Gasteiger partial charge in [0.05, 0.1) is 0 Å². The van der Waals surface area contributed by atoms with Gasteiger partial charge in [-0.25, -0.2) is 0 Å². The standard InChI is InChI=1S/C12H26N2/c1-12(2,8-9-13)14-10-11-6-4-3-5-7-11/h11,14H,3-10,13H2,1-2H3. The van der Waals surface area contributed by atoms with Crippen LogP contribution in [0.3, 0.4) is 0 Å². The summed E-state index contributed by atoms with van der Waals surface area (Å²) in [4.78, 5) is 0. The number of hydrogen-bond donors (Lipinski definition) is 2. The van der Waals surface area contributed by atoms with Gasteiger partial charge in [0.15, 0.2) is 0 Å². The Morgan fingerprint density at radius 1 is 1.21 bits per heavy atom. The Kier molecular flexibility index (Phi) is 4.90. The highest BCUT2D eigenvalue weighted by Gasteiger charge is 2.19. The Balaban J connectivity index is 2.17. The molecule has 1 rings (SSSR count). The zero-order chi connectivity index (χ0) is 10.4. The molecule has 1 aliphatic carbocycles. The molecule has 2 heteroatoms. The Morgan fingerprint density at radius 2 is 1.86 bits per heavy atom. The van der Waals surface area contributed by atoms with E-state index in [-0.39, 0.29) is 5.54 Å². The highest BCUT2D eigenvalue weighted by molar-refractivity contribution is 4.80. The van der Waals surface area contributed by atoms with Gasteiger partial charge in [0.2, 0.25) is 0 Å². The minimum Gasteiger partial charge on any atom is -0.330 e. The molecule has 0 aliphatic heterocycles. The lowest BCUT2D eigenvalue weighted by atomic mass is 9.88. The van der Waals surface area contributed by atoms with E-state index in [1.807, 2.05) is 0 Å². The molecule has 0 aromatic heterocycles. The third kappa shape index (κ3) is 4.43. The van der Waals surface area contributed by atoms with Gasteiger partial charge in [-0.2, -0.15) is 0 Å². The topological polar surface area (TPSA) is 38.0 Å². The third-order valence-electron chi connectivity index (χ3n) is 3.36. The maximum Gasteiger partial charge on any atom is 0.0137 e. The first-order valence-corrected chi connectivity index (χ1v) is 6.09. The second-order valence-electron chi connectivity index (χ2n) is 5.31. The number of nitrogens with one attached hydrogen (secondary N) is 1. The van der Waals surface area contributed by atoms with E-state index in [2.05, 4.69) is 19.2 Å². The van der Waals surface area contributed by atoms with Gasteiger partial charge in [0.25, 0.3) is 0 Å². The van der Waals surface area contributed by atoms with E-state index in [1.165, 1.54) is 38.6 Å². The predicted molar refractivity (Wildman–Crippen MR) is 62.3 cm³/mol. The minimum absolute atomic E-state index is 0.228. The van der Waals surface area contributed by atoms with Crippen LogP contribution < -0.4 is 11.1 Å². The lowest BCUT2D eigenvalue weighted by Gasteiger charge is -2.30. The van der Waals surface area contributed by atoms with Crippen molar-refractivity contribution in [1.29, 1.82) is 0 Å². The molecule has 0 atom stereocenters. The Hall–Kier alpha value is -0.0800. The number of rotatable bonds is 5. The first-order valence-electron chi connectivity index (χ1n) is 6.09. The highest BCUT2D eigenvalue weighted by Crippen LogP contribution is 2.23. The van der Waals surface area contributed by atoms with Crippen LogP contribution in [0.4, 0.5) is 0 Å². The van der Waals surface area contributed by atoms with Crippen LogP contribution in [0.1, 0.15) is 52.4 Å². The molecule has 1 saturated carbocycles. The lowest BCUT2D eigenvalue weighted by Crippen LogP contribution is -2.43. The molecule has 0 radical (unpaired) electrons. The average molecular weight is 198 g/mol. The van der Waals surface area contributed by atoms with E-state index in [1.54, 1.807) is 0 Å². The summed E-state index contributed by atoms with van der Waals surface area (Å²) in [6.45, 7) is 6.48. The molecule has 3 N–H and O–H groups in total. The third-order valence-corrected chi connectivity index (χ3v) is 3.36. The van der Waals surface area contributed by atoms with Gasteiger partial charge in [-0.05, 0) is 52.1 Å². The first-order chi connectivity index (χ1) is 6.64. The molecule has 84 valence electrons. The molecule has 14 heavy (non-hydrogen) atoms. The maximum atomic E-state index is 5.58. The maximum absolute atomic E-state index is 5.58. The Bertz CT molecular complexity index is 148. The predicted octanol–water partition coefficient (Wildman–Crippen LogP) is 2.28. The summed E-state index contributed by atoms with van der Waals surface area (Å²) < 4.78 is 0. The average Bonchev–Trinajstić information content (AvgIpc) is 2.17. The van der Waals surface area contributed by atoms with E-state index >= 15 is 0 Å². The van der Waals surface area contributed by atoms with Crippen LogP contribution in [0, 0.1) is 5.92 Å². The summed E-state index contributed by atoms with van der Waals surface area (Å²) >= 11 is 0. The first kappa shape index (κ1) is 12.0. The van der Waals surface area contributed by atoms with Gasteiger partial charge in [-0.1, -0.05) is 19.3 Å². The fourth-order valence-electron chi connectivity index (χ4n) is 2.26. The molecule has 0 heterocycles. The fourth-order valence-corrected chi connectivity index (χ4v) is 2.26. The second kappa shape index (κ2) is 5.72. The zero-order valence-corrected chi connectivity index (χ0v) is 9.81. The second-order valence-corrected chi connectivity index (χ2v) is 5.31. The minimum atomic E-state index is 0.228. The summed E-state index contributed by atoms with van der Waals surface area (Å²) in [6.07, 6.45) is 8.23. The number of hydrogen-bond acceptors (Lipinski definition) is 2. The van der Waals surface area contributed by atoms with Crippen molar-refractivity contribution in [1.82, 2.24) is 5.32 Å². The van der Waals surface area contributed by atoms with E-state index in [4.69, 9.17) is 5.73 Å². The molecule has 0 bridgehead atoms. The largest absolute Gasteiger partial charge is 0.330 e. The van der Waals surface area contributed by atoms with Crippen molar-refractivity contribution in [2.75, 3.05) is 13.1 Å². The van der Waals surface area contributed by atoms with Gasteiger partial charge in [0, 0.05) is 5.54 Å². The summed E-state index contributed by atoms with van der Waals surface area (Å²) in [5, 5.41) is 3.65. The van der Waals surface area contributed by atoms with Crippen LogP contribution in [0.2, 0.25) is 0 Å². The quantitative estimate of drug-likeness (QED) is 0.711. The number of nitrogens with two attached hydrogens (primary N) is 1. The molecule has 0 amide bonds. The molecule has 0 aromatic rings. The van der Waals surface area contributed by atoms with Crippen LogP contribution in [0.5, 0.6) is 0 Å². The van der Waals surface area contributed by atoms with Gasteiger partial charge in [-0.15, -0.1) is 0 Å². The Labute approximate surface area is 88.6 Å². The van der Waals surface area contributed by atoms with Crippen LogP contribution in [-0.4, -0.2) is 18.6 Å². The fraction of sp³-hybridized carbons (Fsp3) is 1.00. The van der Waals surface area contributed by atoms with Gasteiger partial charge >= 0.3 is 0 Å². The van der Waals surface area contributed by atoms with Gasteiger partial charge in [0.1, 0.15) is 0 Å². The van der Waals surface area contributed by atoms with E-state index < -0.39 is 0 Å². The SMILES string of the molecule is CC(C)(CCN)NCC1CCCCC1. The molecule has 1 fully saturated rings. The molecule has 1 aliphatic rings. The molecule has 2 nitrogen and oxygen atoms in total. The summed E-state index contributed by atoms with van der Waals surface area (Å²) in [5.74, 6) is 0.917. The van der Waals surface area contributed by atoms with Crippen LogP contribution in [-0.2, 0) is 0 Å². The van der Waals surface area contributed by atoms with Gasteiger partial charge < -0.3 is 11.1 Å². The van der Waals surface area contributed by atoms with Crippen LogP contribution in [0.25, 0.3) is 0 Å². The van der Waals surface area contributed by atoms with Crippen molar-refractivity contribution < 1.29 is 0 Å². The van der Waals surface area contributed by atoms with Crippen molar-refractivity contribution in [3.05, 3.63) is 0 Å². The molecular formula is C12H26N2. The monoisotopic (exact) mass is 198 g/mol. The lowest BCUT2D eigenvalue weighted by molar-refractivity contribution is 0.286. The van der Waals surface area contributed by atoms with Crippen molar-refractivity contribution in [2.24, 2.45) is 11.7 Å². The van der Waals surface area contributed by atoms with E-state index in [0.717, 1.165) is 18.9 Å². The molecule has 0 spiro atoms. The highest BCUT2D eigenvalue weighted by atomic mass is 15.0. The van der Waals surface area contributed by atoms with Crippen molar-refractivity contribution in [3.8, 4) is 0 Å². The van der Waals surface area contributed by atoms with E-state index in [0.29, 0.717) is 0 Å². The van der Waals surface area contributed by atoms with E-state index in [9.17, 15) is 0 Å². The Morgan fingerprint density at radius 3 is 2.43 bits per heavy atom. The molecule has 0 aromatic carbocycles. The van der Waals surface area contributed by atoms with Crippen LogP contribution in [0.15, 0.2) is 0 Å². The summed E-state index contributed by atoms with van der Waals surface area (Å²) in [5.41, 5.74) is 5.81. The van der Waals surface area contributed by atoms with Crippen molar-refractivity contribution in [2.45, 2.75) is 57.9 Å². The summed E-state index contributed by atoms with van der Waals surface area (Å²) in [6, 6.07) is 0. The molecule has 0 unspecified atom stereocenters. The van der Waals surface area contributed by atoms with Crippen molar-refractivity contribution in [3.63, 3.8) is 0 Å². The zero-order valence-electron chi connectivity index (χ0n) is 9.81. The van der Waals surface area contributed by atoms with Gasteiger partial charge in [-0.3, -0.25) is 0 Å².